The third-order valence-corrected chi connectivity index (χ3v) is 3.55. The summed E-state index contributed by atoms with van der Waals surface area (Å²) in [6, 6.07) is 9.65. The van der Waals surface area contributed by atoms with Gasteiger partial charge in [-0.3, -0.25) is 9.52 Å². The third kappa shape index (κ3) is 3.06. The Morgan fingerprint density at radius 1 is 1.29 bits per heavy atom. The normalized spacial score (nSPS) is 17.5. The summed E-state index contributed by atoms with van der Waals surface area (Å²) in [5.74, 6) is -0.371. The van der Waals surface area contributed by atoms with Gasteiger partial charge in [0.25, 0.3) is 0 Å². The predicted molar refractivity (Wildman–Crippen MR) is 64.8 cm³/mol. The van der Waals surface area contributed by atoms with Gasteiger partial charge in [0.05, 0.1) is 11.7 Å². The highest BCUT2D eigenvalue weighted by Crippen LogP contribution is 2.48. The van der Waals surface area contributed by atoms with Crippen molar-refractivity contribution in [2.24, 2.45) is 5.41 Å². The van der Waals surface area contributed by atoms with E-state index in [2.05, 4.69) is 4.72 Å². The molecule has 0 saturated heterocycles. The van der Waals surface area contributed by atoms with E-state index in [1.807, 2.05) is 30.3 Å². The molecule has 0 unspecified atom stereocenters. The maximum Gasteiger partial charge on any atom is 0.239 e. The van der Waals surface area contributed by atoms with Crippen LogP contribution in [0.5, 0.6) is 0 Å². The van der Waals surface area contributed by atoms with Crippen molar-refractivity contribution in [2.45, 2.75) is 19.3 Å². The number of amides is 1. The van der Waals surface area contributed by atoms with E-state index in [1.54, 1.807) is 0 Å². The lowest BCUT2D eigenvalue weighted by molar-refractivity contribution is -0.124. The minimum atomic E-state index is -3.46. The van der Waals surface area contributed by atoms with E-state index in [9.17, 15) is 13.2 Å². The van der Waals surface area contributed by atoms with Gasteiger partial charge in [-0.15, -0.1) is 0 Å². The van der Waals surface area contributed by atoms with Crippen LogP contribution in [0.4, 0.5) is 0 Å². The lowest BCUT2D eigenvalue weighted by Gasteiger charge is -2.14. The molecule has 1 amide bonds. The molecule has 0 spiro atoms. The molecule has 0 aromatic heterocycles. The Morgan fingerprint density at radius 2 is 1.88 bits per heavy atom. The molecule has 0 atom stereocenters. The number of rotatable bonds is 4. The van der Waals surface area contributed by atoms with Crippen molar-refractivity contribution in [3.8, 4) is 0 Å². The Morgan fingerprint density at radius 3 is 2.35 bits per heavy atom. The highest BCUT2D eigenvalue weighted by atomic mass is 32.2. The molecule has 5 heteroatoms. The van der Waals surface area contributed by atoms with E-state index >= 15 is 0 Å². The van der Waals surface area contributed by atoms with Crippen LogP contribution < -0.4 is 4.72 Å². The lowest BCUT2D eigenvalue weighted by atomic mass is 9.96. The molecule has 0 radical (unpaired) electrons. The zero-order valence-corrected chi connectivity index (χ0v) is 10.5. The average Bonchev–Trinajstić information content (AvgIpc) is 2.98. The van der Waals surface area contributed by atoms with Crippen molar-refractivity contribution >= 4 is 15.9 Å². The van der Waals surface area contributed by atoms with Crippen molar-refractivity contribution in [1.82, 2.24) is 4.72 Å². The van der Waals surface area contributed by atoms with E-state index in [-0.39, 0.29) is 5.91 Å². The van der Waals surface area contributed by atoms with Crippen molar-refractivity contribution in [1.29, 1.82) is 0 Å². The van der Waals surface area contributed by atoms with Gasteiger partial charge in [-0.1, -0.05) is 30.3 Å². The van der Waals surface area contributed by atoms with Gasteiger partial charge < -0.3 is 0 Å². The van der Waals surface area contributed by atoms with Gasteiger partial charge in [0.1, 0.15) is 0 Å². The molecule has 2 rings (SSSR count). The Labute approximate surface area is 101 Å². The quantitative estimate of drug-likeness (QED) is 0.873. The molecule has 1 aliphatic rings. The van der Waals surface area contributed by atoms with E-state index in [0.29, 0.717) is 6.42 Å². The van der Waals surface area contributed by atoms with Crippen LogP contribution in [0.1, 0.15) is 18.4 Å². The summed E-state index contributed by atoms with van der Waals surface area (Å²) < 4.78 is 24.1. The Hall–Kier alpha value is -1.36. The van der Waals surface area contributed by atoms with E-state index in [0.717, 1.165) is 24.7 Å². The van der Waals surface area contributed by atoms with Gasteiger partial charge in [-0.05, 0) is 24.8 Å². The molecule has 92 valence electrons. The zero-order valence-electron chi connectivity index (χ0n) is 9.64. The second kappa shape index (κ2) is 4.14. The summed E-state index contributed by atoms with van der Waals surface area (Å²) in [6.07, 6.45) is 3.12. The smallest absolute Gasteiger partial charge is 0.239 e. The minimum absolute atomic E-state index is 0.371. The van der Waals surface area contributed by atoms with Crippen LogP contribution in [-0.4, -0.2) is 20.6 Å². The summed E-state index contributed by atoms with van der Waals surface area (Å²) in [5.41, 5.74) is 0.554. The highest BCUT2D eigenvalue weighted by Gasteiger charge is 2.50. The van der Waals surface area contributed by atoms with Crippen LogP contribution >= 0.6 is 0 Å². The number of nitrogens with one attached hydrogen (secondary N) is 1. The number of hydrogen-bond donors (Lipinski definition) is 1. The summed E-state index contributed by atoms with van der Waals surface area (Å²) in [7, 11) is -3.46. The Bertz CT molecular complexity index is 518. The number of benzene rings is 1. The maximum absolute atomic E-state index is 11.9. The molecule has 0 aliphatic heterocycles. The number of carbonyl (C=O) groups is 1. The fraction of sp³-hybridized carbons (Fsp3) is 0.417. The zero-order chi connectivity index (χ0) is 12.5. The lowest BCUT2D eigenvalue weighted by Crippen LogP contribution is -2.37. The molecule has 1 fully saturated rings. The van der Waals surface area contributed by atoms with Gasteiger partial charge in [0.15, 0.2) is 0 Å². The first-order chi connectivity index (χ1) is 7.91. The highest BCUT2D eigenvalue weighted by molar-refractivity contribution is 7.89. The first-order valence-electron chi connectivity index (χ1n) is 5.47. The molecule has 17 heavy (non-hydrogen) atoms. The topological polar surface area (TPSA) is 63.2 Å². The van der Waals surface area contributed by atoms with E-state index in [1.165, 1.54) is 0 Å². The molecular formula is C12H15NO3S. The molecule has 1 aliphatic carbocycles. The largest absolute Gasteiger partial charge is 0.273 e. The van der Waals surface area contributed by atoms with Gasteiger partial charge >= 0.3 is 0 Å². The van der Waals surface area contributed by atoms with Crippen LogP contribution in [0.2, 0.25) is 0 Å². The fourth-order valence-electron chi connectivity index (χ4n) is 1.90. The van der Waals surface area contributed by atoms with E-state index < -0.39 is 15.4 Å². The second-order valence-electron chi connectivity index (χ2n) is 4.65. The molecule has 1 saturated carbocycles. The van der Waals surface area contributed by atoms with Gasteiger partial charge in [0.2, 0.25) is 15.9 Å². The summed E-state index contributed by atoms with van der Waals surface area (Å²) >= 11 is 0. The number of hydrogen-bond acceptors (Lipinski definition) is 3. The van der Waals surface area contributed by atoms with Gasteiger partial charge in [0, 0.05) is 0 Å². The molecule has 1 aromatic carbocycles. The molecule has 1 aromatic rings. The monoisotopic (exact) mass is 253 g/mol. The predicted octanol–water partition coefficient (Wildman–Crippen LogP) is 1.09. The van der Waals surface area contributed by atoms with Gasteiger partial charge in [-0.25, -0.2) is 8.42 Å². The summed E-state index contributed by atoms with van der Waals surface area (Å²) in [6.45, 7) is 0. The van der Waals surface area contributed by atoms with Crippen molar-refractivity contribution in [2.75, 3.05) is 6.26 Å². The van der Waals surface area contributed by atoms with Crippen LogP contribution in [0.15, 0.2) is 30.3 Å². The van der Waals surface area contributed by atoms with Crippen LogP contribution in [0.3, 0.4) is 0 Å². The van der Waals surface area contributed by atoms with Crippen molar-refractivity contribution in [3.63, 3.8) is 0 Å². The Kier molecular flexibility index (Phi) is 2.95. The van der Waals surface area contributed by atoms with Crippen LogP contribution in [-0.2, 0) is 21.2 Å². The van der Waals surface area contributed by atoms with Crippen molar-refractivity contribution in [3.05, 3.63) is 35.9 Å². The first-order valence-corrected chi connectivity index (χ1v) is 7.37. The van der Waals surface area contributed by atoms with E-state index in [4.69, 9.17) is 0 Å². The SMILES string of the molecule is CS(=O)(=O)NC(=O)C1(Cc2ccccc2)CC1. The third-order valence-electron chi connectivity index (χ3n) is 3.00. The fourth-order valence-corrected chi connectivity index (χ4v) is 2.45. The standard InChI is InChI=1S/C12H15NO3S/c1-17(15,16)13-11(14)12(7-8-12)9-10-5-3-2-4-6-10/h2-6H,7-9H2,1H3,(H,13,14). The summed E-state index contributed by atoms with van der Waals surface area (Å²) in [5, 5.41) is 0. The molecule has 4 nitrogen and oxygen atoms in total. The Balaban J connectivity index is 2.08. The van der Waals surface area contributed by atoms with Gasteiger partial charge in [-0.2, -0.15) is 0 Å². The molecule has 1 N–H and O–H groups in total. The van der Waals surface area contributed by atoms with Crippen molar-refractivity contribution < 1.29 is 13.2 Å². The molecule has 0 bridgehead atoms. The maximum atomic E-state index is 11.9. The summed E-state index contributed by atoms with van der Waals surface area (Å²) in [4.78, 5) is 11.9. The first kappa shape index (κ1) is 12.1. The van der Waals surface area contributed by atoms with Crippen LogP contribution in [0.25, 0.3) is 0 Å². The number of sulfonamides is 1. The van der Waals surface area contributed by atoms with Crippen LogP contribution in [0, 0.1) is 5.41 Å². The number of carbonyl (C=O) groups excluding carboxylic acids is 1. The molecule has 0 heterocycles. The molecular weight excluding hydrogens is 238 g/mol. The minimum Gasteiger partial charge on any atom is -0.273 e. The second-order valence-corrected chi connectivity index (χ2v) is 6.39. The average molecular weight is 253 g/mol.